The molecule has 2 heterocycles. The van der Waals surface area contributed by atoms with Crippen LogP contribution in [0.2, 0.25) is 5.02 Å². The maximum Gasteiger partial charge on any atom is 0.196 e. The zero-order valence-electron chi connectivity index (χ0n) is 11.7. The lowest BCUT2D eigenvalue weighted by atomic mass is 10.1. The molecule has 3 aromatic rings. The van der Waals surface area contributed by atoms with Gasteiger partial charge in [-0.05, 0) is 30.3 Å². The normalized spacial score (nSPS) is 10.8. The number of ketones is 1. The van der Waals surface area contributed by atoms with Crippen molar-refractivity contribution in [3.63, 3.8) is 0 Å². The summed E-state index contributed by atoms with van der Waals surface area (Å²) in [5, 5.41) is 9.24. The van der Waals surface area contributed by atoms with Gasteiger partial charge in [0.2, 0.25) is 0 Å². The number of halogens is 1. The minimum absolute atomic E-state index is 0.0257. The van der Waals surface area contributed by atoms with E-state index in [2.05, 4.69) is 10.2 Å². The van der Waals surface area contributed by atoms with Crippen molar-refractivity contribution in [2.24, 2.45) is 0 Å². The highest BCUT2D eigenvalue weighted by molar-refractivity contribution is 7.99. The molecule has 0 N–H and O–H groups in total. The number of methoxy groups -OCH3 is 1. The summed E-state index contributed by atoms with van der Waals surface area (Å²) >= 11 is 7.38. The predicted molar refractivity (Wildman–Crippen MR) is 86.0 cm³/mol. The Labute approximate surface area is 136 Å². The van der Waals surface area contributed by atoms with Gasteiger partial charge in [-0.2, -0.15) is 0 Å². The van der Waals surface area contributed by atoms with Crippen LogP contribution in [-0.4, -0.2) is 33.2 Å². The first-order valence-electron chi connectivity index (χ1n) is 6.48. The van der Waals surface area contributed by atoms with E-state index in [1.54, 1.807) is 18.2 Å². The molecule has 7 heteroatoms. The van der Waals surface area contributed by atoms with Crippen LogP contribution in [0.15, 0.2) is 47.8 Å². The number of Topliss-reactive ketones (excluding diaryl/α,β-unsaturated/α-hetero) is 1. The maximum absolute atomic E-state index is 12.3. The van der Waals surface area contributed by atoms with Crippen molar-refractivity contribution >= 4 is 34.8 Å². The van der Waals surface area contributed by atoms with Crippen molar-refractivity contribution < 1.29 is 9.53 Å². The number of fused-ring (bicyclic) bond motifs is 1. The number of carbonyl (C=O) groups excluding carboxylic acids is 1. The number of rotatable bonds is 5. The predicted octanol–water partition coefficient (Wildman–Crippen LogP) is 3.37. The Morgan fingerprint density at radius 2 is 2.18 bits per heavy atom. The second-order valence-corrected chi connectivity index (χ2v) is 5.82. The number of ether oxygens (including phenoxy) is 1. The van der Waals surface area contributed by atoms with E-state index >= 15 is 0 Å². The van der Waals surface area contributed by atoms with E-state index in [1.165, 1.54) is 18.9 Å². The van der Waals surface area contributed by atoms with Crippen molar-refractivity contribution in [1.82, 2.24) is 14.6 Å². The van der Waals surface area contributed by atoms with E-state index < -0.39 is 0 Å². The third-order valence-electron chi connectivity index (χ3n) is 3.09. The van der Waals surface area contributed by atoms with Gasteiger partial charge in [-0.25, -0.2) is 0 Å². The molecule has 0 aliphatic heterocycles. The molecule has 0 atom stereocenters. The van der Waals surface area contributed by atoms with Gasteiger partial charge in [0.1, 0.15) is 5.75 Å². The van der Waals surface area contributed by atoms with Crippen LogP contribution >= 0.6 is 23.4 Å². The molecule has 0 saturated carbocycles. The van der Waals surface area contributed by atoms with Crippen molar-refractivity contribution in [3.8, 4) is 5.75 Å². The summed E-state index contributed by atoms with van der Waals surface area (Å²) in [6.45, 7) is 0. The van der Waals surface area contributed by atoms with E-state index in [0.29, 0.717) is 21.5 Å². The Balaban J connectivity index is 1.73. The van der Waals surface area contributed by atoms with Gasteiger partial charge >= 0.3 is 0 Å². The first-order valence-corrected chi connectivity index (χ1v) is 7.84. The van der Waals surface area contributed by atoms with Gasteiger partial charge in [-0.1, -0.05) is 29.4 Å². The third kappa shape index (κ3) is 2.93. The average molecular weight is 334 g/mol. The highest BCUT2D eigenvalue weighted by Gasteiger charge is 2.12. The van der Waals surface area contributed by atoms with Gasteiger partial charge < -0.3 is 4.74 Å². The van der Waals surface area contributed by atoms with Crippen molar-refractivity contribution in [3.05, 3.63) is 53.2 Å². The molecule has 0 radical (unpaired) electrons. The highest BCUT2D eigenvalue weighted by atomic mass is 35.5. The van der Waals surface area contributed by atoms with E-state index in [9.17, 15) is 4.79 Å². The molecule has 0 amide bonds. The van der Waals surface area contributed by atoms with E-state index in [-0.39, 0.29) is 11.5 Å². The first kappa shape index (κ1) is 14.9. The molecule has 0 aliphatic carbocycles. The second kappa shape index (κ2) is 6.37. The number of nitrogens with zero attached hydrogens (tertiary/aromatic N) is 3. The number of hydrogen-bond donors (Lipinski definition) is 0. The number of pyridine rings is 1. The van der Waals surface area contributed by atoms with E-state index in [1.807, 2.05) is 28.8 Å². The quantitative estimate of drug-likeness (QED) is 0.529. The average Bonchev–Trinajstić information content (AvgIpc) is 2.95. The molecule has 112 valence electrons. The molecule has 0 aliphatic rings. The molecule has 5 nitrogen and oxygen atoms in total. The Morgan fingerprint density at radius 1 is 1.32 bits per heavy atom. The van der Waals surface area contributed by atoms with Crippen LogP contribution in [0, 0.1) is 0 Å². The first-order chi connectivity index (χ1) is 10.7. The fourth-order valence-electron chi connectivity index (χ4n) is 1.97. The van der Waals surface area contributed by atoms with Crippen molar-refractivity contribution in [2.45, 2.75) is 5.16 Å². The molecule has 22 heavy (non-hydrogen) atoms. The SMILES string of the molecule is COc1ccc(C(=O)CSc2nnc3ccccn23)cc1Cl. The number of hydrogen-bond acceptors (Lipinski definition) is 5. The molecule has 0 saturated heterocycles. The zero-order chi connectivity index (χ0) is 15.5. The summed E-state index contributed by atoms with van der Waals surface area (Å²) in [7, 11) is 1.54. The van der Waals surface area contributed by atoms with Crippen LogP contribution in [0.1, 0.15) is 10.4 Å². The van der Waals surface area contributed by atoms with Crippen LogP contribution in [0.3, 0.4) is 0 Å². The molecule has 2 aromatic heterocycles. The van der Waals surface area contributed by atoms with E-state index in [0.717, 1.165) is 5.65 Å². The lowest BCUT2D eigenvalue weighted by molar-refractivity contribution is 0.102. The maximum atomic E-state index is 12.3. The summed E-state index contributed by atoms with van der Waals surface area (Å²) < 4.78 is 6.92. The Morgan fingerprint density at radius 3 is 2.95 bits per heavy atom. The number of benzene rings is 1. The fourth-order valence-corrected chi connectivity index (χ4v) is 3.05. The van der Waals surface area contributed by atoms with Gasteiger partial charge in [0.05, 0.1) is 17.9 Å². The summed E-state index contributed by atoms with van der Waals surface area (Å²) in [5.41, 5.74) is 1.30. The molecule has 0 unspecified atom stereocenters. The summed E-state index contributed by atoms with van der Waals surface area (Å²) in [4.78, 5) is 12.3. The minimum Gasteiger partial charge on any atom is -0.495 e. The minimum atomic E-state index is -0.0257. The largest absolute Gasteiger partial charge is 0.495 e. The highest BCUT2D eigenvalue weighted by Crippen LogP contribution is 2.26. The van der Waals surface area contributed by atoms with Crippen LogP contribution in [0.25, 0.3) is 5.65 Å². The van der Waals surface area contributed by atoms with Crippen molar-refractivity contribution in [2.75, 3.05) is 12.9 Å². The van der Waals surface area contributed by atoms with Gasteiger partial charge in [-0.15, -0.1) is 10.2 Å². The lowest BCUT2D eigenvalue weighted by Gasteiger charge is -2.05. The molecular weight excluding hydrogens is 322 g/mol. The van der Waals surface area contributed by atoms with Gasteiger partial charge in [0, 0.05) is 11.8 Å². The van der Waals surface area contributed by atoms with Gasteiger partial charge in [0.15, 0.2) is 16.6 Å². The van der Waals surface area contributed by atoms with Gasteiger partial charge in [0.25, 0.3) is 0 Å². The smallest absolute Gasteiger partial charge is 0.196 e. The Kier molecular flexibility index (Phi) is 4.31. The number of carbonyl (C=O) groups is 1. The Bertz CT molecular complexity index is 835. The number of thioether (sulfide) groups is 1. The molecule has 0 bridgehead atoms. The van der Waals surface area contributed by atoms with E-state index in [4.69, 9.17) is 16.3 Å². The van der Waals surface area contributed by atoms with Crippen LogP contribution in [0.5, 0.6) is 5.75 Å². The molecule has 1 aromatic carbocycles. The lowest BCUT2D eigenvalue weighted by Crippen LogP contribution is -2.03. The van der Waals surface area contributed by atoms with Crippen LogP contribution in [-0.2, 0) is 0 Å². The Hall–Kier alpha value is -2.05. The zero-order valence-corrected chi connectivity index (χ0v) is 13.3. The van der Waals surface area contributed by atoms with Gasteiger partial charge in [-0.3, -0.25) is 9.20 Å². The third-order valence-corrected chi connectivity index (χ3v) is 4.33. The van der Waals surface area contributed by atoms with Crippen molar-refractivity contribution in [1.29, 1.82) is 0 Å². The summed E-state index contributed by atoms with van der Waals surface area (Å²) in [6.07, 6.45) is 1.87. The topological polar surface area (TPSA) is 56.5 Å². The molecular formula is C15H12ClN3O2S. The van der Waals surface area contributed by atoms with Crippen LogP contribution in [0.4, 0.5) is 0 Å². The summed E-state index contributed by atoms with van der Waals surface area (Å²) in [6, 6.07) is 10.7. The number of aromatic nitrogens is 3. The van der Waals surface area contributed by atoms with Crippen LogP contribution < -0.4 is 4.74 Å². The standard InChI is InChI=1S/C15H12ClN3O2S/c1-21-13-6-5-10(8-11(13)16)12(20)9-22-15-18-17-14-4-2-3-7-19(14)15/h2-8H,9H2,1H3. The fraction of sp³-hybridized carbons (Fsp3) is 0.133. The second-order valence-electron chi connectivity index (χ2n) is 4.47. The summed E-state index contributed by atoms with van der Waals surface area (Å²) in [5.74, 6) is 0.787. The molecule has 0 fully saturated rings. The molecule has 3 rings (SSSR count). The molecule has 0 spiro atoms. The monoisotopic (exact) mass is 333 g/mol.